The van der Waals surface area contributed by atoms with Gasteiger partial charge in [-0.3, -0.25) is 9.69 Å². The molecule has 8 heteroatoms. The van der Waals surface area contributed by atoms with Gasteiger partial charge in [-0.15, -0.1) is 11.3 Å². The first-order chi connectivity index (χ1) is 15.6. The fourth-order valence-electron chi connectivity index (χ4n) is 4.14. The zero-order valence-electron chi connectivity index (χ0n) is 19.1. The average Bonchev–Trinajstić information content (AvgIpc) is 3.16. The number of amides is 1. The summed E-state index contributed by atoms with van der Waals surface area (Å²) in [6.45, 7) is 12.4. The molecule has 0 unspecified atom stereocenters. The third-order valence-corrected chi connectivity index (χ3v) is 7.01. The molecule has 0 atom stereocenters. The van der Waals surface area contributed by atoms with E-state index in [-0.39, 0.29) is 5.91 Å². The molecule has 7 nitrogen and oxygen atoms in total. The van der Waals surface area contributed by atoms with Gasteiger partial charge in [-0.2, -0.15) is 0 Å². The van der Waals surface area contributed by atoms with Crippen LogP contribution >= 0.6 is 11.3 Å². The van der Waals surface area contributed by atoms with Crippen molar-refractivity contribution >= 4 is 33.3 Å². The largest absolute Gasteiger partial charge is 0.494 e. The standard InChI is InChI=1S/C24H31N5O2S/c1-4-10-28-11-13-29(14-12-28)22-20-17(3)21(32-24(20)27-16-26-22)23(30)25-15-18-6-8-19(9-7-18)31-5-2/h6-9,16H,4-5,10-15H2,1-3H3,(H,25,30). The van der Waals surface area contributed by atoms with Crippen molar-refractivity contribution in [2.24, 2.45) is 0 Å². The van der Waals surface area contributed by atoms with Crippen LogP contribution in [-0.4, -0.2) is 60.1 Å². The summed E-state index contributed by atoms with van der Waals surface area (Å²) in [5, 5.41) is 4.06. The zero-order valence-corrected chi connectivity index (χ0v) is 19.9. The topological polar surface area (TPSA) is 70.6 Å². The molecule has 1 aliphatic heterocycles. The first-order valence-electron chi connectivity index (χ1n) is 11.3. The molecule has 1 aromatic carbocycles. The molecular formula is C24H31N5O2S. The number of rotatable bonds is 8. The lowest BCUT2D eigenvalue weighted by molar-refractivity contribution is 0.0954. The predicted octanol–water partition coefficient (Wildman–Crippen LogP) is 3.86. The van der Waals surface area contributed by atoms with Crippen LogP contribution < -0.4 is 15.0 Å². The van der Waals surface area contributed by atoms with Crippen molar-refractivity contribution in [3.05, 3.63) is 46.6 Å². The number of hydrogen-bond donors (Lipinski definition) is 1. The summed E-state index contributed by atoms with van der Waals surface area (Å²) in [7, 11) is 0. The minimum Gasteiger partial charge on any atom is -0.494 e. The Balaban J connectivity index is 1.48. The third-order valence-electron chi connectivity index (χ3n) is 5.81. The van der Waals surface area contributed by atoms with Gasteiger partial charge in [0.05, 0.1) is 16.9 Å². The monoisotopic (exact) mass is 453 g/mol. The van der Waals surface area contributed by atoms with Crippen molar-refractivity contribution < 1.29 is 9.53 Å². The molecule has 0 aliphatic carbocycles. The third kappa shape index (κ3) is 4.86. The second kappa shape index (κ2) is 10.3. The van der Waals surface area contributed by atoms with E-state index in [0.717, 1.165) is 65.6 Å². The Morgan fingerprint density at radius 1 is 1.12 bits per heavy atom. The van der Waals surface area contributed by atoms with E-state index in [4.69, 9.17) is 4.74 Å². The Labute approximate surface area is 193 Å². The van der Waals surface area contributed by atoms with Crippen LogP contribution in [0, 0.1) is 6.92 Å². The number of thiophene rings is 1. The van der Waals surface area contributed by atoms with E-state index >= 15 is 0 Å². The molecule has 0 saturated carbocycles. The van der Waals surface area contributed by atoms with Crippen molar-refractivity contribution in [3.8, 4) is 5.75 Å². The number of hydrogen-bond acceptors (Lipinski definition) is 7. The Hall–Kier alpha value is -2.71. The maximum Gasteiger partial charge on any atom is 0.261 e. The normalized spacial score (nSPS) is 14.7. The first-order valence-corrected chi connectivity index (χ1v) is 12.1. The second-order valence-electron chi connectivity index (χ2n) is 8.02. The number of nitrogens with one attached hydrogen (secondary N) is 1. The van der Waals surface area contributed by atoms with Crippen molar-refractivity contribution in [3.63, 3.8) is 0 Å². The highest BCUT2D eigenvalue weighted by atomic mass is 32.1. The molecule has 0 bridgehead atoms. The molecule has 0 spiro atoms. The van der Waals surface area contributed by atoms with Crippen LogP contribution in [0.1, 0.15) is 41.1 Å². The van der Waals surface area contributed by atoms with Gasteiger partial charge in [0.1, 0.15) is 22.7 Å². The summed E-state index contributed by atoms with van der Waals surface area (Å²) in [5.41, 5.74) is 1.99. The maximum absolute atomic E-state index is 13.0. The van der Waals surface area contributed by atoms with Crippen LogP contribution in [0.4, 0.5) is 5.82 Å². The minimum absolute atomic E-state index is 0.0712. The average molecular weight is 454 g/mol. The van der Waals surface area contributed by atoms with Crippen molar-refractivity contribution in [2.45, 2.75) is 33.7 Å². The summed E-state index contributed by atoms with van der Waals surface area (Å²) in [4.78, 5) is 28.5. The van der Waals surface area contributed by atoms with Gasteiger partial charge in [-0.05, 0) is 50.1 Å². The zero-order chi connectivity index (χ0) is 22.5. The molecule has 1 saturated heterocycles. The molecule has 4 rings (SSSR count). The fraction of sp³-hybridized carbons (Fsp3) is 0.458. The summed E-state index contributed by atoms with van der Waals surface area (Å²) in [5.74, 6) is 1.72. The summed E-state index contributed by atoms with van der Waals surface area (Å²) < 4.78 is 5.48. The van der Waals surface area contributed by atoms with E-state index in [1.54, 1.807) is 6.33 Å². The Bertz CT molecular complexity index is 1060. The van der Waals surface area contributed by atoms with Crippen LogP contribution in [0.3, 0.4) is 0 Å². The van der Waals surface area contributed by atoms with Crippen molar-refractivity contribution in [1.82, 2.24) is 20.2 Å². The quantitative estimate of drug-likeness (QED) is 0.559. The molecule has 3 aromatic rings. The van der Waals surface area contributed by atoms with Gasteiger partial charge in [0.2, 0.25) is 0 Å². The van der Waals surface area contributed by atoms with Crippen LogP contribution in [-0.2, 0) is 6.54 Å². The highest BCUT2D eigenvalue weighted by molar-refractivity contribution is 7.20. The van der Waals surface area contributed by atoms with E-state index < -0.39 is 0 Å². The SMILES string of the molecule is CCCN1CCN(c2ncnc3sc(C(=O)NCc4ccc(OCC)cc4)c(C)c23)CC1. The molecule has 32 heavy (non-hydrogen) atoms. The van der Waals surface area contributed by atoms with Crippen LogP contribution in [0.15, 0.2) is 30.6 Å². The van der Waals surface area contributed by atoms with Crippen LogP contribution in [0.2, 0.25) is 0 Å². The van der Waals surface area contributed by atoms with E-state index in [9.17, 15) is 4.79 Å². The lowest BCUT2D eigenvalue weighted by Crippen LogP contribution is -2.46. The number of fused-ring (bicyclic) bond motifs is 1. The molecular weight excluding hydrogens is 422 g/mol. The van der Waals surface area contributed by atoms with Gasteiger partial charge in [-0.25, -0.2) is 9.97 Å². The molecule has 3 heterocycles. The summed E-state index contributed by atoms with van der Waals surface area (Å²) in [6.07, 6.45) is 2.80. The van der Waals surface area contributed by atoms with E-state index in [2.05, 4.69) is 32.0 Å². The van der Waals surface area contributed by atoms with E-state index in [1.807, 2.05) is 38.1 Å². The number of aryl methyl sites for hydroxylation is 1. The Morgan fingerprint density at radius 3 is 2.56 bits per heavy atom. The maximum atomic E-state index is 13.0. The summed E-state index contributed by atoms with van der Waals surface area (Å²) in [6, 6.07) is 7.81. The molecule has 1 N–H and O–H groups in total. The number of carbonyl (C=O) groups excluding carboxylic acids is 1. The molecule has 1 amide bonds. The Kier molecular flexibility index (Phi) is 7.22. The number of piperazine rings is 1. The Morgan fingerprint density at radius 2 is 1.88 bits per heavy atom. The molecule has 0 radical (unpaired) electrons. The number of carbonyl (C=O) groups is 1. The van der Waals surface area contributed by atoms with E-state index in [0.29, 0.717) is 18.0 Å². The van der Waals surface area contributed by atoms with Crippen LogP contribution in [0.5, 0.6) is 5.75 Å². The van der Waals surface area contributed by atoms with Gasteiger partial charge in [0.25, 0.3) is 5.91 Å². The fourth-order valence-corrected chi connectivity index (χ4v) is 5.20. The molecule has 1 fully saturated rings. The number of nitrogens with zero attached hydrogens (tertiary/aromatic N) is 4. The van der Waals surface area contributed by atoms with Gasteiger partial charge in [0, 0.05) is 32.7 Å². The van der Waals surface area contributed by atoms with Gasteiger partial charge in [0.15, 0.2) is 0 Å². The number of aromatic nitrogens is 2. The van der Waals surface area contributed by atoms with Gasteiger partial charge in [-0.1, -0.05) is 19.1 Å². The van der Waals surface area contributed by atoms with E-state index in [1.165, 1.54) is 17.8 Å². The van der Waals surface area contributed by atoms with Gasteiger partial charge >= 0.3 is 0 Å². The predicted molar refractivity (Wildman–Crippen MR) is 130 cm³/mol. The first kappa shape index (κ1) is 22.5. The minimum atomic E-state index is -0.0712. The second-order valence-corrected chi connectivity index (χ2v) is 9.02. The number of ether oxygens (including phenoxy) is 1. The number of anilines is 1. The highest BCUT2D eigenvalue weighted by Crippen LogP contribution is 2.35. The lowest BCUT2D eigenvalue weighted by atomic mass is 10.1. The van der Waals surface area contributed by atoms with Crippen molar-refractivity contribution in [2.75, 3.05) is 44.2 Å². The summed E-state index contributed by atoms with van der Waals surface area (Å²) >= 11 is 1.44. The number of benzene rings is 1. The smallest absolute Gasteiger partial charge is 0.261 e. The van der Waals surface area contributed by atoms with Crippen molar-refractivity contribution in [1.29, 1.82) is 0 Å². The van der Waals surface area contributed by atoms with Gasteiger partial charge < -0.3 is 15.0 Å². The van der Waals surface area contributed by atoms with Crippen LogP contribution in [0.25, 0.3) is 10.2 Å². The molecule has 2 aromatic heterocycles. The highest BCUT2D eigenvalue weighted by Gasteiger charge is 2.24. The molecule has 170 valence electrons. The molecule has 1 aliphatic rings. The lowest BCUT2D eigenvalue weighted by Gasteiger charge is -2.35.